The van der Waals surface area contributed by atoms with Gasteiger partial charge < -0.3 is 66.5 Å². The van der Waals surface area contributed by atoms with E-state index in [1.165, 1.54) is 4.90 Å². The van der Waals surface area contributed by atoms with Crippen molar-refractivity contribution in [3.05, 3.63) is 40.2 Å². The Hall–Kier alpha value is -4.26. The molecule has 12 atom stereocenters. The van der Waals surface area contributed by atoms with Crippen LogP contribution in [0.1, 0.15) is 32.3 Å². The predicted octanol–water partition coefficient (Wildman–Crippen LogP) is -2.46. The number of carbonyl (C=O) groups is 3. The molecule has 0 aliphatic carbocycles. The average Bonchev–Trinajstić information content (AvgIpc) is 3.38. The number of aliphatic hydroxyl groups excluding tert-OH is 5. The molecule has 306 valence electrons. The number of H-pyrrole nitrogens is 1. The van der Waals surface area contributed by atoms with Gasteiger partial charge in [-0.3, -0.25) is 33.3 Å². The summed E-state index contributed by atoms with van der Waals surface area (Å²) in [7, 11) is -5.12. The highest BCUT2D eigenvalue weighted by Gasteiger charge is 2.45. The van der Waals surface area contributed by atoms with E-state index in [-0.39, 0.29) is 29.9 Å². The van der Waals surface area contributed by atoms with Gasteiger partial charge in [-0.2, -0.15) is 4.98 Å². The number of fused-ring (bicyclic) bond motifs is 1. The molecular weight excluding hydrogens is 759 g/mol. The smallest absolute Gasteiger partial charge is 0.473 e. The van der Waals surface area contributed by atoms with Gasteiger partial charge in [-0.05, 0) is 38.0 Å². The number of hydrogen-bond donors (Lipinski definition) is 12. The highest BCUT2D eigenvalue weighted by Crippen LogP contribution is 2.46. The topological polar surface area (TPSA) is 366 Å². The normalized spacial score (nSPS) is 26.1. The van der Waals surface area contributed by atoms with Crippen molar-refractivity contribution in [1.82, 2.24) is 9.97 Å². The highest BCUT2D eigenvalue weighted by molar-refractivity contribution is 7.47. The van der Waals surface area contributed by atoms with E-state index < -0.39 is 112 Å². The van der Waals surface area contributed by atoms with Crippen LogP contribution in [0.5, 0.6) is 0 Å². The maximum atomic E-state index is 12.6. The molecule has 0 bridgehead atoms. The molecule has 1 amide bonds. The lowest BCUT2D eigenvalue weighted by Gasteiger charge is -2.42. The summed E-state index contributed by atoms with van der Waals surface area (Å²) in [4.78, 5) is 64.3. The number of aliphatic hydroxyl groups is 5. The first kappa shape index (κ1) is 43.5. The molecule has 2 aliphatic rings. The van der Waals surface area contributed by atoms with E-state index in [1.54, 1.807) is 24.3 Å². The number of hydrogen-bond acceptors (Lipinski definition) is 18. The Labute approximate surface area is 312 Å². The SMILES string of the molecule is CC(Nc1ccc(CC(O)C(O)C(O)CO[C@H]2O[C@H](COP(=O)(O)OC(CCC(=O)O)C(=O)O)[C@@H](O)[C@H]2O)cc1)C1[C@H](C)Nc2nc(N)[nH]c(=O)c2N1C=O. The summed E-state index contributed by atoms with van der Waals surface area (Å²) in [6.07, 6.45) is -14.6. The highest BCUT2D eigenvalue weighted by atomic mass is 31.2. The monoisotopic (exact) mass is 804 g/mol. The third-order valence-electron chi connectivity index (χ3n) is 8.88. The number of ether oxygens (including phenoxy) is 2. The summed E-state index contributed by atoms with van der Waals surface area (Å²) in [6, 6.07) is 5.44. The van der Waals surface area contributed by atoms with Crippen LogP contribution in [0.15, 0.2) is 29.1 Å². The van der Waals surface area contributed by atoms with Gasteiger partial charge in [0, 0.05) is 30.6 Å². The van der Waals surface area contributed by atoms with Gasteiger partial charge in [-0.1, -0.05) is 12.1 Å². The van der Waals surface area contributed by atoms with Gasteiger partial charge >= 0.3 is 19.8 Å². The fourth-order valence-electron chi connectivity index (χ4n) is 6.13. The van der Waals surface area contributed by atoms with E-state index in [0.717, 1.165) is 0 Å². The first-order valence-corrected chi connectivity index (χ1v) is 18.3. The number of anilines is 4. The third-order valence-corrected chi connectivity index (χ3v) is 9.88. The molecule has 13 N–H and O–H groups in total. The molecule has 24 heteroatoms. The molecule has 55 heavy (non-hydrogen) atoms. The summed E-state index contributed by atoms with van der Waals surface area (Å²) >= 11 is 0. The van der Waals surface area contributed by atoms with E-state index in [1.807, 2.05) is 13.8 Å². The fourth-order valence-corrected chi connectivity index (χ4v) is 7.05. The maximum Gasteiger partial charge on any atom is 0.473 e. The molecule has 7 unspecified atom stereocenters. The van der Waals surface area contributed by atoms with Crippen molar-refractivity contribution in [3.8, 4) is 0 Å². The van der Waals surface area contributed by atoms with E-state index in [0.29, 0.717) is 17.7 Å². The van der Waals surface area contributed by atoms with Gasteiger partial charge in [0.25, 0.3) is 5.56 Å². The van der Waals surface area contributed by atoms with E-state index in [9.17, 15) is 54.2 Å². The van der Waals surface area contributed by atoms with Crippen LogP contribution in [0.25, 0.3) is 0 Å². The van der Waals surface area contributed by atoms with Crippen molar-refractivity contribution in [1.29, 1.82) is 0 Å². The first-order chi connectivity index (χ1) is 25.8. The van der Waals surface area contributed by atoms with E-state index >= 15 is 0 Å². The van der Waals surface area contributed by atoms with Gasteiger partial charge in [0.1, 0.15) is 30.5 Å². The predicted molar refractivity (Wildman–Crippen MR) is 188 cm³/mol. The number of phosphoric ester groups is 1. The second kappa shape index (κ2) is 18.6. The molecule has 0 radical (unpaired) electrons. The Kier molecular flexibility index (Phi) is 14.7. The summed E-state index contributed by atoms with van der Waals surface area (Å²) in [5.74, 6) is -3.02. The van der Waals surface area contributed by atoms with Gasteiger partial charge in [-0.15, -0.1) is 0 Å². The van der Waals surface area contributed by atoms with Crippen molar-refractivity contribution < 1.29 is 78.1 Å². The molecule has 2 aliphatic heterocycles. The molecule has 0 spiro atoms. The van der Waals surface area contributed by atoms with Crippen LogP contribution in [-0.4, -0.2) is 149 Å². The molecule has 4 rings (SSSR count). The number of aromatic nitrogens is 2. The van der Waals surface area contributed by atoms with Crippen molar-refractivity contribution in [2.75, 3.05) is 34.5 Å². The first-order valence-electron chi connectivity index (χ1n) is 16.8. The Bertz CT molecular complexity index is 1750. The molecule has 1 saturated heterocycles. The molecule has 3 heterocycles. The second-order valence-electron chi connectivity index (χ2n) is 13.0. The zero-order valence-electron chi connectivity index (χ0n) is 29.4. The Morgan fingerprint density at radius 1 is 1.15 bits per heavy atom. The number of benzene rings is 1. The lowest BCUT2D eigenvalue weighted by atomic mass is 9.97. The number of carbonyl (C=O) groups excluding carboxylic acids is 1. The number of aliphatic carboxylic acids is 2. The number of nitrogens with two attached hydrogens (primary N) is 1. The van der Waals surface area contributed by atoms with E-state index in [4.69, 9.17) is 25.4 Å². The quantitative estimate of drug-likeness (QED) is 0.0487. The van der Waals surface area contributed by atoms with Crippen molar-refractivity contribution >= 4 is 49.3 Å². The largest absolute Gasteiger partial charge is 0.481 e. The number of carboxylic acids is 2. The van der Waals surface area contributed by atoms with Crippen LogP contribution >= 0.6 is 7.82 Å². The minimum absolute atomic E-state index is 0.0313. The number of aromatic amines is 1. The molecular formula is C31H45N6O17P. The summed E-state index contributed by atoms with van der Waals surface area (Å²) < 4.78 is 32.0. The summed E-state index contributed by atoms with van der Waals surface area (Å²) in [5, 5.41) is 76.5. The number of amides is 1. The molecule has 1 aromatic heterocycles. The number of rotatable bonds is 20. The van der Waals surface area contributed by atoms with Gasteiger partial charge in [-0.25, -0.2) is 9.36 Å². The summed E-state index contributed by atoms with van der Waals surface area (Å²) in [6.45, 7) is 2.02. The van der Waals surface area contributed by atoms with Crippen molar-refractivity contribution in [3.63, 3.8) is 0 Å². The minimum atomic E-state index is -5.12. The van der Waals surface area contributed by atoms with Gasteiger partial charge in [0.05, 0.1) is 25.4 Å². The molecule has 1 fully saturated rings. The van der Waals surface area contributed by atoms with Crippen LogP contribution in [0.3, 0.4) is 0 Å². The second-order valence-corrected chi connectivity index (χ2v) is 14.4. The number of nitrogens with zero attached hydrogens (tertiary/aromatic N) is 2. The molecule has 1 aromatic carbocycles. The fraction of sp³-hybridized carbons (Fsp3) is 0.581. The Balaban J connectivity index is 1.25. The van der Waals surface area contributed by atoms with Crippen LogP contribution in [-0.2, 0) is 43.9 Å². The number of nitrogen functional groups attached to an aromatic ring is 1. The van der Waals surface area contributed by atoms with Crippen molar-refractivity contribution in [2.24, 2.45) is 0 Å². The Morgan fingerprint density at radius 3 is 2.44 bits per heavy atom. The number of carboxylic acid groups (broad SMARTS) is 2. The molecule has 23 nitrogen and oxygen atoms in total. The zero-order chi connectivity index (χ0) is 40.8. The molecule has 2 aromatic rings. The van der Waals surface area contributed by atoms with Gasteiger partial charge in [0.15, 0.2) is 23.9 Å². The lowest BCUT2D eigenvalue weighted by molar-refractivity contribution is -0.192. The maximum absolute atomic E-state index is 12.6. The van der Waals surface area contributed by atoms with Crippen LogP contribution in [0.2, 0.25) is 0 Å². The average molecular weight is 805 g/mol. The van der Waals surface area contributed by atoms with Crippen LogP contribution < -0.4 is 26.8 Å². The van der Waals surface area contributed by atoms with Gasteiger partial charge in [0.2, 0.25) is 12.4 Å². The van der Waals surface area contributed by atoms with Crippen molar-refractivity contribution in [2.45, 2.75) is 100 Å². The summed E-state index contributed by atoms with van der Waals surface area (Å²) in [5.41, 5.74) is 6.29. The zero-order valence-corrected chi connectivity index (χ0v) is 30.3. The van der Waals surface area contributed by atoms with E-state index in [2.05, 4.69) is 29.6 Å². The minimum Gasteiger partial charge on any atom is -0.481 e. The number of phosphoric acid groups is 1. The standard InChI is InChI=1S/C31H45N6O17P/c1-13(22-14(2)34-27-23(37(22)12-38)28(46)36-31(32)35-27)33-16-5-3-15(4-6-16)9-17(39)24(43)18(40)10-51-30-26(45)25(44)20(53-30)11-52-55(49,50)54-19(29(47)48)7-8-21(41)42/h3-6,12-14,17-20,22,24-26,30,33,39-40,43-45H,7-11H2,1-2H3,(H,41,42)(H,47,48)(H,49,50)(H4,32,34,35,36,46)/t13?,14-,17?,18?,19?,20+,22?,24?,25+,26+,30-/m0/s1. The number of nitrogens with one attached hydrogen (secondary N) is 3. The van der Waals surface area contributed by atoms with Crippen LogP contribution in [0, 0.1) is 0 Å². The Morgan fingerprint density at radius 2 is 1.82 bits per heavy atom. The van der Waals surface area contributed by atoms with Crippen LogP contribution in [0.4, 0.5) is 23.1 Å². The molecule has 0 saturated carbocycles. The third kappa shape index (κ3) is 11.2. The lowest BCUT2D eigenvalue weighted by Crippen LogP contribution is -2.58.